The molecule has 3 aromatic rings. The van der Waals surface area contributed by atoms with E-state index in [0.717, 1.165) is 13.8 Å². The van der Waals surface area contributed by atoms with Gasteiger partial charge < -0.3 is 44.3 Å². The summed E-state index contributed by atoms with van der Waals surface area (Å²) in [6.45, 7) is 7.97. The first kappa shape index (κ1) is 44.3. The third kappa shape index (κ3) is 7.29. The number of fused-ring (bicyclic) bond motifs is 5. The number of carbonyl (C=O) groups is 6. The number of benzene rings is 3. The minimum absolute atomic E-state index is 0.00289. The summed E-state index contributed by atoms with van der Waals surface area (Å²) in [6.07, 6.45) is -10.5. The number of carbonyl (C=O) groups excluding carboxylic acids is 6. The Morgan fingerprint density at radius 1 is 0.823 bits per heavy atom. The Bertz CT molecular complexity index is 2280. The molecule has 0 unspecified atom stereocenters. The monoisotopic (exact) mass is 853 g/mol. The van der Waals surface area contributed by atoms with Crippen molar-refractivity contribution in [1.82, 2.24) is 5.32 Å². The highest BCUT2D eigenvalue weighted by atomic mass is 16.6. The molecule has 3 fully saturated rings. The van der Waals surface area contributed by atoms with Crippen LogP contribution in [-0.2, 0) is 42.9 Å². The quantitative estimate of drug-likeness (QED) is 0.130. The van der Waals surface area contributed by atoms with E-state index in [9.17, 15) is 39.3 Å². The number of hydrogen-bond donors (Lipinski definition) is 4. The normalized spacial score (nSPS) is 31.9. The first-order valence-corrected chi connectivity index (χ1v) is 20.5. The smallest absolute Gasteiger partial charge is 0.338 e. The van der Waals surface area contributed by atoms with Crippen LogP contribution >= 0.6 is 0 Å². The van der Waals surface area contributed by atoms with E-state index in [4.69, 9.17) is 23.7 Å². The Morgan fingerprint density at radius 3 is 1.95 bits per heavy atom. The summed E-state index contributed by atoms with van der Waals surface area (Å²) in [5.41, 5.74) is -7.02. The van der Waals surface area contributed by atoms with Gasteiger partial charge in [0, 0.05) is 37.7 Å². The van der Waals surface area contributed by atoms with Crippen LogP contribution in [0.2, 0.25) is 0 Å². The summed E-state index contributed by atoms with van der Waals surface area (Å²) in [6, 6.07) is 22.9. The van der Waals surface area contributed by atoms with Gasteiger partial charge in [-0.25, -0.2) is 9.59 Å². The summed E-state index contributed by atoms with van der Waals surface area (Å²) in [7, 11) is 0. The second-order valence-electron chi connectivity index (χ2n) is 17.4. The molecule has 1 amide bonds. The maximum Gasteiger partial charge on any atom is 0.338 e. The summed E-state index contributed by atoms with van der Waals surface area (Å²) in [4.78, 5) is 83.5. The molecule has 0 aromatic heterocycles. The largest absolute Gasteiger partial charge is 0.456 e. The van der Waals surface area contributed by atoms with Gasteiger partial charge in [0.2, 0.25) is 0 Å². The van der Waals surface area contributed by atoms with Gasteiger partial charge in [0.15, 0.2) is 23.6 Å². The lowest BCUT2D eigenvalue weighted by atomic mass is 9.44. The summed E-state index contributed by atoms with van der Waals surface area (Å²) >= 11 is 0. The van der Waals surface area contributed by atoms with Crippen LogP contribution in [0.1, 0.15) is 86.7 Å². The molecule has 3 aliphatic carbocycles. The topological polar surface area (TPSA) is 221 Å². The molecule has 7 rings (SSSR count). The van der Waals surface area contributed by atoms with E-state index < -0.39 is 113 Å². The number of ketones is 1. The fourth-order valence-electron chi connectivity index (χ4n) is 10.2. The van der Waals surface area contributed by atoms with Gasteiger partial charge in [-0.3, -0.25) is 19.2 Å². The van der Waals surface area contributed by atoms with Crippen LogP contribution in [0.3, 0.4) is 0 Å². The molecule has 0 radical (unpaired) electrons. The number of ether oxygens (including phenoxy) is 5. The minimum Gasteiger partial charge on any atom is -0.456 e. The highest BCUT2D eigenvalue weighted by Gasteiger charge is 2.78. The zero-order chi connectivity index (χ0) is 44.9. The first-order chi connectivity index (χ1) is 29.3. The molecule has 2 bridgehead atoms. The Kier molecular flexibility index (Phi) is 11.8. The SMILES string of the molecule is CC(=O)O[C@H]1C(=O)[C@@]2(C)[C@H](O)C[C@H]3OC[C@@]3(OC(C)=O)[C@H]2[C@H](OC(=O)c2ccccc2)[C@@]2(O)C[C@H](OC(=O)[C@@H](O)[C@@H](NC(=O)c3ccccc3)c3ccccc3)C(C)=C1C2(C)C. The van der Waals surface area contributed by atoms with Gasteiger partial charge >= 0.3 is 23.9 Å². The lowest BCUT2D eigenvalue weighted by Gasteiger charge is -2.67. The van der Waals surface area contributed by atoms with Gasteiger partial charge in [0.25, 0.3) is 5.91 Å². The van der Waals surface area contributed by atoms with Crippen molar-refractivity contribution >= 4 is 35.6 Å². The third-order valence-electron chi connectivity index (χ3n) is 13.5. The van der Waals surface area contributed by atoms with Gasteiger partial charge in [0.05, 0.1) is 35.6 Å². The fourth-order valence-corrected chi connectivity index (χ4v) is 10.2. The predicted octanol–water partition coefficient (Wildman–Crippen LogP) is 3.74. The van der Waals surface area contributed by atoms with Gasteiger partial charge in [-0.2, -0.15) is 0 Å². The number of rotatable bonds is 10. The molecule has 4 aliphatic rings. The molecule has 1 heterocycles. The summed E-state index contributed by atoms with van der Waals surface area (Å²) < 4.78 is 30.3. The Hall–Kier alpha value is -5.74. The van der Waals surface area contributed by atoms with Crippen molar-refractivity contribution in [3.63, 3.8) is 0 Å². The molecule has 11 atom stereocenters. The molecule has 4 N–H and O–H groups in total. The van der Waals surface area contributed by atoms with Crippen molar-refractivity contribution < 1.29 is 67.8 Å². The number of Topliss-reactive ketones (excluding diaryl/α,β-unsaturated/α-hetero) is 1. The number of esters is 4. The highest BCUT2D eigenvalue weighted by molar-refractivity contribution is 5.96. The molecule has 3 aromatic carbocycles. The standard InChI is InChI=1S/C47H51NO14/c1-25-31(60-43(56)36(52)35(28-16-10-7-11-17-28)48-41(54)29-18-12-8-13-19-29)23-47(57)40(61-42(55)30-20-14-9-15-21-30)38-45(6,32(51)22-33-46(38,24-58-33)62-27(3)50)39(53)37(59-26(2)49)34(25)44(47,4)5/h7-21,31-33,35-38,40,51-52,57H,22-24H2,1-6H3,(H,48,54)/t31-,32+,33+,35-,36-,37+,38-,40-,45-,46-,47-/m0/s1. The highest BCUT2D eigenvalue weighted by Crippen LogP contribution is 2.64. The van der Waals surface area contributed by atoms with Crippen molar-refractivity contribution in [3.05, 3.63) is 119 Å². The number of aliphatic hydroxyl groups is 3. The zero-order valence-corrected chi connectivity index (χ0v) is 35.2. The molecule has 1 aliphatic heterocycles. The fraction of sp³-hybridized carbons (Fsp3) is 0.447. The molecular weight excluding hydrogens is 803 g/mol. The minimum atomic E-state index is -2.39. The zero-order valence-electron chi connectivity index (χ0n) is 35.2. The van der Waals surface area contributed by atoms with E-state index in [-0.39, 0.29) is 35.3 Å². The first-order valence-electron chi connectivity index (χ1n) is 20.5. The molecule has 328 valence electrons. The molecular formula is C47H51NO14. The van der Waals surface area contributed by atoms with Crippen LogP contribution in [-0.4, -0.2) is 105 Å². The van der Waals surface area contributed by atoms with Crippen molar-refractivity contribution in [2.45, 2.75) is 108 Å². The molecule has 2 saturated carbocycles. The van der Waals surface area contributed by atoms with Crippen LogP contribution in [0.5, 0.6) is 0 Å². The maximum absolute atomic E-state index is 15.5. The number of amides is 1. The average molecular weight is 854 g/mol. The molecule has 62 heavy (non-hydrogen) atoms. The third-order valence-corrected chi connectivity index (χ3v) is 13.5. The summed E-state index contributed by atoms with van der Waals surface area (Å²) in [5, 5.41) is 40.2. The van der Waals surface area contributed by atoms with E-state index in [1.165, 1.54) is 26.0 Å². The van der Waals surface area contributed by atoms with Crippen LogP contribution in [0.15, 0.2) is 102 Å². The van der Waals surface area contributed by atoms with Crippen molar-refractivity contribution in [3.8, 4) is 0 Å². The van der Waals surface area contributed by atoms with Gasteiger partial charge in [-0.1, -0.05) is 80.6 Å². The molecule has 1 saturated heterocycles. The van der Waals surface area contributed by atoms with Gasteiger partial charge in [-0.05, 0) is 54.8 Å². The average Bonchev–Trinajstić information content (AvgIpc) is 3.24. The molecule has 15 nitrogen and oxygen atoms in total. The van der Waals surface area contributed by atoms with E-state index in [2.05, 4.69) is 5.32 Å². The second-order valence-corrected chi connectivity index (χ2v) is 17.4. The second kappa shape index (κ2) is 16.5. The Labute approximate surface area is 358 Å². The summed E-state index contributed by atoms with van der Waals surface area (Å²) in [5.74, 6) is -6.84. The Balaban J connectivity index is 1.39. The molecule has 0 spiro atoms. The van der Waals surface area contributed by atoms with Crippen molar-refractivity contribution in [1.29, 1.82) is 0 Å². The lowest BCUT2D eigenvalue weighted by molar-refractivity contribution is -0.346. The van der Waals surface area contributed by atoms with Crippen LogP contribution in [0.4, 0.5) is 0 Å². The van der Waals surface area contributed by atoms with Crippen LogP contribution in [0.25, 0.3) is 0 Å². The van der Waals surface area contributed by atoms with E-state index in [1.807, 2.05) is 0 Å². The van der Waals surface area contributed by atoms with Gasteiger partial charge in [0.1, 0.15) is 23.9 Å². The van der Waals surface area contributed by atoms with Gasteiger partial charge in [-0.15, -0.1) is 0 Å². The lowest BCUT2D eigenvalue weighted by Crippen LogP contribution is -2.82. The number of aliphatic hydroxyl groups excluding tert-OH is 2. The number of hydrogen-bond acceptors (Lipinski definition) is 14. The predicted molar refractivity (Wildman–Crippen MR) is 218 cm³/mol. The maximum atomic E-state index is 15.5. The van der Waals surface area contributed by atoms with E-state index in [1.54, 1.807) is 92.7 Å². The molecule has 15 heteroatoms. The van der Waals surface area contributed by atoms with Crippen molar-refractivity contribution in [2.24, 2.45) is 16.7 Å². The number of nitrogens with one attached hydrogen (secondary N) is 1. The van der Waals surface area contributed by atoms with E-state index >= 15 is 4.79 Å². The Morgan fingerprint density at radius 2 is 1.40 bits per heavy atom. The van der Waals surface area contributed by atoms with Crippen LogP contribution in [0, 0.1) is 16.7 Å². The van der Waals surface area contributed by atoms with Crippen LogP contribution < -0.4 is 5.32 Å². The van der Waals surface area contributed by atoms with Crippen molar-refractivity contribution in [2.75, 3.05) is 6.61 Å². The van der Waals surface area contributed by atoms with E-state index in [0.29, 0.717) is 5.56 Å².